The molecule has 4 heteroatoms. The standard InChI is InChI=1S/C29H33NO3/c1-3-19-29(20-18-23-10-6-4-7-11-23)27(33-22-25-12-8-5-9-13-25)28(31)30(29)21-24-14-16-26(32-2)17-15-24/h4-17,27H,3,18-22H2,1-2H3. The van der Waals surface area contributed by atoms with Crippen LogP contribution in [0.15, 0.2) is 84.9 Å². The number of amides is 1. The van der Waals surface area contributed by atoms with Crippen molar-refractivity contribution < 1.29 is 14.3 Å². The summed E-state index contributed by atoms with van der Waals surface area (Å²) >= 11 is 0. The van der Waals surface area contributed by atoms with E-state index in [-0.39, 0.29) is 11.4 Å². The van der Waals surface area contributed by atoms with Crippen molar-refractivity contribution in [2.45, 2.75) is 57.4 Å². The molecule has 0 spiro atoms. The number of hydrogen-bond acceptors (Lipinski definition) is 3. The number of aryl methyl sites for hydroxylation is 1. The first-order chi connectivity index (χ1) is 16.2. The lowest BCUT2D eigenvalue weighted by Gasteiger charge is -2.57. The van der Waals surface area contributed by atoms with E-state index in [0.29, 0.717) is 13.2 Å². The molecule has 3 aromatic rings. The Morgan fingerprint density at radius 1 is 0.818 bits per heavy atom. The molecular weight excluding hydrogens is 410 g/mol. The van der Waals surface area contributed by atoms with Crippen molar-refractivity contribution >= 4 is 5.91 Å². The molecule has 2 unspecified atom stereocenters. The highest BCUT2D eigenvalue weighted by atomic mass is 16.5. The number of methoxy groups -OCH3 is 1. The van der Waals surface area contributed by atoms with Gasteiger partial charge < -0.3 is 14.4 Å². The molecule has 0 saturated carbocycles. The summed E-state index contributed by atoms with van der Waals surface area (Å²) in [5.41, 5.74) is 3.17. The van der Waals surface area contributed by atoms with Crippen LogP contribution in [0.2, 0.25) is 0 Å². The van der Waals surface area contributed by atoms with Crippen LogP contribution >= 0.6 is 0 Å². The smallest absolute Gasteiger partial charge is 0.255 e. The highest BCUT2D eigenvalue weighted by Gasteiger charge is 2.59. The molecule has 1 aliphatic heterocycles. The van der Waals surface area contributed by atoms with Crippen molar-refractivity contribution in [1.82, 2.24) is 4.90 Å². The van der Waals surface area contributed by atoms with Crippen LogP contribution in [0.5, 0.6) is 5.75 Å². The van der Waals surface area contributed by atoms with Gasteiger partial charge in [0.25, 0.3) is 5.91 Å². The molecule has 1 saturated heterocycles. The van der Waals surface area contributed by atoms with Crippen LogP contribution in [-0.4, -0.2) is 29.6 Å². The zero-order valence-electron chi connectivity index (χ0n) is 19.6. The van der Waals surface area contributed by atoms with E-state index in [4.69, 9.17) is 9.47 Å². The fourth-order valence-corrected chi connectivity index (χ4v) is 4.89. The topological polar surface area (TPSA) is 38.8 Å². The minimum absolute atomic E-state index is 0.0864. The Balaban J connectivity index is 1.57. The average Bonchev–Trinajstić information content (AvgIpc) is 2.87. The molecule has 4 nitrogen and oxygen atoms in total. The molecule has 0 N–H and O–H groups in total. The molecule has 1 amide bonds. The van der Waals surface area contributed by atoms with Gasteiger partial charge in [0, 0.05) is 6.54 Å². The summed E-state index contributed by atoms with van der Waals surface area (Å²) in [7, 11) is 1.67. The number of β-lactam (4-membered cyclic amide) rings is 1. The maximum atomic E-state index is 13.4. The van der Waals surface area contributed by atoms with Gasteiger partial charge in [0.15, 0.2) is 6.10 Å². The fraction of sp³-hybridized carbons (Fsp3) is 0.345. The SMILES string of the molecule is CCCC1(CCc2ccccc2)C(OCc2ccccc2)C(=O)N1Cc1ccc(OC)cc1. The lowest BCUT2D eigenvalue weighted by Crippen LogP contribution is -2.74. The van der Waals surface area contributed by atoms with E-state index >= 15 is 0 Å². The first-order valence-corrected chi connectivity index (χ1v) is 11.8. The Morgan fingerprint density at radius 2 is 1.45 bits per heavy atom. The second-order valence-corrected chi connectivity index (χ2v) is 8.79. The molecule has 0 aromatic heterocycles. The first-order valence-electron chi connectivity index (χ1n) is 11.8. The van der Waals surface area contributed by atoms with E-state index in [1.54, 1.807) is 7.11 Å². The molecule has 0 aliphatic carbocycles. The minimum Gasteiger partial charge on any atom is -0.497 e. The van der Waals surface area contributed by atoms with E-state index in [1.807, 2.05) is 60.7 Å². The van der Waals surface area contributed by atoms with Crippen LogP contribution in [0.25, 0.3) is 0 Å². The van der Waals surface area contributed by atoms with Gasteiger partial charge in [-0.25, -0.2) is 0 Å². The van der Waals surface area contributed by atoms with Gasteiger partial charge in [-0.15, -0.1) is 0 Å². The largest absolute Gasteiger partial charge is 0.497 e. The summed E-state index contributed by atoms with van der Waals surface area (Å²) in [5.74, 6) is 0.907. The third-order valence-electron chi connectivity index (χ3n) is 6.65. The molecule has 2 atom stereocenters. The number of likely N-dealkylation sites (tertiary alicyclic amines) is 1. The van der Waals surface area contributed by atoms with Crippen LogP contribution in [0.3, 0.4) is 0 Å². The van der Waals surface area contributed by atoms with Crippen LogP contribution in [0.4, 0.5) is 0 Å². The third-order valence-corrected chi connectivity index (χ3v) is 6.65. The van der Waals surface area contributed by atoms with Crippen molar-refractivity contribution in [2.75, 3.05) is 7.11 Å². The summed E-state index contributed by atoms with van der Waals surface area (Å²) in [5, 5.41) is 0. The molecule has 172 valence electrons. The van der Waals surface area contributed by atoms with Gasteiger partial charge in [-0.05, 0) is 48.1 Å². The predicted molar refractivity (Wildman–Crippen MR) is 131 cm³/mol. The third kappa shape index (κ3) is 5.12. The highest BCUT2D eigenvalue weighted by Crippen LogP contribution is 2.44. The van der Waals surface area contributed by atoms with Crippen molar-refractivity contribution in [1.29, 1.82) is 0 Å². The summed E-state index contributed by atoms with van der Waals surface area (Å²) in [6, 6.07) is 28.6. The maximum Gasteiger partial charge on any atom is 0.255 e. The van der Waals surface area contributed by atoms with Crippen LogP contribution in [-0.2, 0) is 29.1 Å². The van der Waals surface area contributed by atoms with Gasteiger partial charge in [-0.1, -0.05) is 86.1 Å². The molecule has 4 rings (SSSR count). The van der Waals surface area contributed by atoms with Crippen molar-refractivity contribution in [3.8, 4) is 5.75 Å². The molecule has 3 aromatic carbocycles. The molecule has 1 aliphatic rings. The number of carbonyl (C=O) groups is 1. The number of nitrogens with zero attached hydrogens (tertiary/aromatic N) is 1. The zero-order chi connectivity index (χ0) is 23.1. The van der Waals surface area contributed by atoms with E-state index in [0.717, 1.165) is 42.6 Å². The van der Waals surface area contributed by atoms with Crippen molar-refractivity contribution in [3.63, 3.8) is 0 Å². The first kappa shape index (κ1) is 23.1. The number of carbonyl (C=O) groups excluding carboxylic acids is 1. The molecule has 33 heavy (non-hydrogen) atoms. The quantitative estimate of drug-likeness (QED) is 0.352. The summed E-state index contributed by atoms with van der Waals surface area (Å²) in [4.78, 5) is 15.4. The van der Waals surface area contributed by atoms with Gasteiger partial charge in [0.2, 0.25) is 0 Å². The van der Waals surface area contributed by atoms with Crippen LogP contribution in [0, 0.1) is 0 Å². The van der Waals surface area contributed by atoms with E-state index in [2.05, 4.69) is 36.1 Å². The second-order valence-electron chi connectivity index (χ2n) is 8.79. The predicted octanol–water partition coefficient (Wildman–Crippen LogP) is 5.79. The van der Waals surface area contributed by atoms with Gasteiger partial charge in [-0.3, -0.25) is 4.79 Å². The van der Waals surface area contributed by atoms with Gasteiger partial charge in [0.05, 0.1) is 19.3 Å². The lowest BCUT2D eigenvalue weighted by molar-refractivity contribution is -0.202. The zero-order valence-corrected chi connectivity index (χ0v) is 19.6. The Labute approximate surface area is 197 Å². The Morgan fingerprint density at radius 3 is 2.06 bits per heavy atom. The summed E-state index contributed by atoms with van der Waals surface area (Å²) in [6.07, 6.45) is 3.29. The Bertz CT molecular complexity index is 1020. The molecular formula is C29H33NO3. The van der Waals surface area contributed by atoms with Gasteiger partial charge in [0.1, 0.15) is 5.75 Å². The number of benzene rings is 3. The minimum atomic E-state index is -0.417. The monoisotopic (exact) mass is 443 g/mol. The normalized spacial score (nSPS) is 19.9. The molecule has 1 fully saturated rings. The Kier molecular flexibility index (Phi) is 7.46. The van der Waals surface area contributed by atoms with Crippen molar-refractivity contribution in [2.24, 2.45) is 0 Å². The molecule has 1 heterocycles. The van der Waals surface area contributed by atoms with Crippen LogP contribution < -0.4 is 4.74 Å². The van der Waals surface area contributed by atoms with Gasteiger partial charge >= 0.3 is 0 Å². The van der Waals surface area contributed by atoms with Gasteiger partial charge in [-0.2, -0.15) is 0 Å². The number of hydrogen-bond donors (Lipinski definition) is 0. The van der Waals surface area contributed by atoms with E-state index < -0.39 is 6.10 Å². The second kappa shape index (κ2) is 10.7. The average molecular weight is 444 g/mol. The number of rotatable bonds is 11. The number of ether oxygens (including phenoxy) is 2. The lowest BCUT2D eigenvalue weighted by atomic mass is 9.72. The van der Waals surface area contributed by atoms with Crippen LogP contribution in [0.1, 0.15) is 42.9 Å². The summed E-state index contributed by atoms with van der Waals surface area (Å²) in [6.45, 7) is 3.22. The van der Waals surface area contributed by atoms with E-state index in [1.165, 1.54) is 5.56 Å². The summed E-state index contributed by atoms with van der Waals surface area (Å²) < 4.78 is 11.6. The fourth-order valence-electron chi connectivity index (χ4n) is 4.89. The van der Waals surface area contributed by atoms with E-state index in [9.17, 15) is 4.79 Å². The molecule has 0 radical (unpaired) electrons. The maximum absolute atomic E-state index is 13.4. The highest BCUT2D eigenvalue weighted by molar-refractivity contribution is 5.90. The molecule has 0 bridgehead atoms. The van der Waals surface area contributed by atoms with Crippen molar-refractivity contribution in [3.05, 3.63) is 102 Å². The Hall–Kier alpha value is -3.11.